The van der Waals surface area contributed by atoms with Crippen LogP contribution in [-0.4, -0.2) is 19.3 Å². The molecule has 0 fully saturated rings. The normalized spacial score (nSPS) is 12.0. The molecule has 9 heteroatoms. The lowest BCUT2D eigenvalue weighted by Crippen LogP contribution is -2.19. The average Bonchev–Trinajstić information content (AvgIpc) is 3.09. The van der Waals surface area contributed by atoms with Gasteiger partial charge in [-0.1, -0.05) is 75.4 Å². The number of hydrogen-bond acceptors (Lipinski definition) is 7. The molecular formula is C39H31N3O4S2. The predicted octanol–water partition coefficient (Wildman–Crippen LogP) is 9.04. The molecule has 0 saturated heterocycles. The van der Waals surface area contributed by atoms with Crippen LogP contribution in [0.3, 0.4) is 0 Å². The molecular weight excluding hydrogens is 639 g/mol. The van der Waals surface area contributed by atoms with Crippen molar-refractivity contribution in [2.45, 2.75) is 36.0 Å². The van der Waals surface area contributed by atoms with Crippen molar-refractivity contribution in [2.75, 3.05) is 10.6 Å². The minimum absolute atomic E-state index is 0.107. The van der Waals surface area contributed by atoms with Gasteiger partial charge in [-0.05, 0) is 77.7 Å². The summed E-state index contributed by atoms with van der Waals surface area (Å²) in [5, 5.41) is 7.57. The summed E-state index contributed by atoms with van der Waals surface area (Å²) in [5.74, 6) is -0.273. The van der Waals surface area contributed by atoms with Gasteiger partial charge in [0.15, 0.2) is 0 Å². The Morgan fingerprint density at radius 2 is 1.40 bits per heavy atom. The largest absolute Gasteiger partial charge is 0.351 e. The lowest BCUT2D eigenvalue weighted by atomic mass is 9.85. The van der Waals surface area contributed by atoms with Crippen LogP contribution in [0.4, 0.5) is 17.1 Å². The molecule has 5 aromatic rings. The second-order valence-electron chi connectivity index (χ2n) is 12.5. The fraction of sp³-hybridized carbons (Fsp3) is 0.103. The first-order chi connectivity index (χ1) is 23.0. The maximum absolute atomic E-state index is 13.9. The molecule has 1 aliphatic carbocycles. The molecule has 2 aliphatic rings. The predicted molar refractivity (Wildman–Crippen MR) is 195 cm³/mol. The molecule has 1 amide bonds. The van der Waals surface area contributed by atoms with Gasteiger partial charge in [-0.15, -0.1) is 11.3 Å². The van der Waals surface area contributed by atoms with Crippen molar-refractivity contribution < 1.29 is 13.2 Å². The topological polar surface area (TPSA) is 105 Å². The van der Waals surface area contributed by atoms with Crippen LogP contribution in [-0.2, 0) is 15.3 Å². The number of fused-ring (bicyclic) bond motifs is 4. The van der Waals surface area contributed by atoms with Gasteiger partial charge in [0, 0.05) is 27.7 Å². The summed E-state index contributed by atoms with van der Waals surface area (Å²) in [6.45, 7) is 5.91. The van der Waals surface area contributed by atoms with E-state index in [0.717, 1.165) is 26.2 Å². The van der Waals surface area contributed by atoms with E-state index in [-0.39, 0.29) is 21.1 Å². The maximum atomic E-state index is 13.9. The molecule has 0 saturated carbocycles. The van der Waals surface area contributed by atoms with E-state index < -0.39 is 15.3 Å². The standard InChI is InChI=1S/C39H31N3O4S2/c1-39(2,3)30-23-27(21-22-31(30)42-38(44)24-11-5-4-6-12-24)48(45,46)26-19-17-25(18-20-26)40-35-36(43)29-14-8-7-13-28(29)34-37(35)47-33-16-10-9-15-32(33)41-34/h4-23,40H,1-3H3,(H,42,44). The van der Waals surface area contributed by atoms with Gasteiger partial charge in [-0.25, -0.2) is 13.4 Å². The van der Waals surface area contributed by atoms with Crippen molar-refractivity contribution in [3.8, 4) is 10.6 Å². The van der Waals surface area contributed by atoms with Crippen LogP contribution in [0.5, 0.6) is 0 Å². The Labute approximate surface area is 282 Å². The summed E-state index contributed by atoms with van der Waals surface area (Å²) < 4.78 is 28.7. The third-order valence-electron chi connectivity index (χ3n) is 8.23. The smallest absolute Gasteiger partial charge is 0.255 e. The first-order valence-corrected chi connectivity index (χ1v) is 17.7. The molecule has 5 aromatic carbocycles. The molecule has 7 nitrogen and oxygen atoms in total. The highest BCUT2D eigenvalue weighted by Crippen LogP contribution is 2.40. The summed E-state index contributed by atoms with van der Waals surface area (Å²) in [6.07, 6.45) is 0. The lowest BCUT2D eigenvalue weighted by molar-refractivity contribution is 0.102. The van der Waals surface area contributed by atoms with Crippen LogP contribution < -0.4 is 16.1 Å². The van der Waals surface area contributed by atoms with Gasteiger partial charge in [0.05, 0.1) is 30.6 Å². The average molecular weight is 670 g/mol. The second kappa shape index (κ2) is 12.0. The number of nitrogens with zero attached hydrogens (tertiary/aromatic N) is 1. The Hall–Kier alpha value is -5.38. The SMILES string of the molecule is CC(C)(C)c1cc(S(=O)(=O)c2ccc(Nc3c4sc5ccccc5nc-4c4ccccc4c3=O)cc2)ccc1NC(=O)c1ccccc1. The van der Waals surface area contributed by atoms with Gasteiger partial charge in [0.2, 0.25) is 15.3 Å². The van der Waals surface area contributed by atoms with Gasteiger partial charge in [-0.2, -0.15) is 0 Å². The van der Waals surface area contributed by atoms with E-state index in [4.69, 9.17) is 4.98 Å². The van der Waals surface area contributed by atoms with Crippen molar-refractivity contribution in [2.24, 2.45) is 0 Å². The van der Waals surface area contributed by atoms with Gasteiger partial charge >= 0.3 is 0 Å². The van der Waals surface area contributed by atoms with Crippen LogP contribution in [0.25, 0.3) is 31.6 Å². The number of amides is 1. The van der Waals surface area contributed by atoms with E-state index in [2.05, 4.69) is 10.6 Å². The maximum Gasteiger partial charge on any atom is 0.255 e. The molecule has 0 aromatic heterocycles. The Kier molecular flexibility index (Phi) is 7.81. The van der Waals surface area contributed by atoms with E-state index in [1.54, 1.807) is 54.6 Å². The van der Waals surface area contributed by atoms with Crippen molar-refractivity contribution in [1.29, 1.82) is 0 Å². The quantitative estimate of drug-likeness (QED) is 0.135. The van der Waals surface area contributed by atoms with E-state index >= 15 is 0 Å². The fourth-order valence-electron chi connectivity index (χ4n) is 5.76. The summed E-state index contributed by atoms with van der Waals surface area (Å²) >= 11 is 1.49. The summed E-state index contributed by atoms with van der Waals surface area (Å²) in [5.41, 5.74) is 3.68. The molecule has 48 heavy (non-hydrogen) atoms. The third-order valence-corrected chi connectivity index (χ3v) is 11.2. The Bertz CT molecular complexity index is 2490. The molecule has 0 radical (unpaired) electrons. The third kappa shape index (κ3) is 5.72. The van der Waals surface area contributed by atoms with Crippen molar-refractivity contribution in [3.05, 3.63) is 143 Å². The van der Waals surface area contributed by atoms with E-state index in [1.165, 1.54) is 29.5 Å². The number of hydrogen-bond donors (Lipinski definition) is 2. The first kappa shape index (κ1) is 31.2. The van der Waals surface area contributed by atoms with Gasteiger partial charge in [-0.3, -0.25) is 9.59 Å². The second-order valence-corrected chi connectivity index (χ2v) is 15.5. The molecule has 0 unspecified atom stereocenters. The Balaban J connectivity index is 1.23. The zero-order valence-corrected chi connectivity index (χ0v) is 28.1. The van der Waals surface area contributed by atoms with E-state index in [0.29, 0.717) is 33.6 Å². The molecule has 1 heterocycles. The van der Waals surface area contributed by atoms with Crippen LogP contribution in [0, 0.1) is 0 Å². The summed E-state index contributed by atoms with van der Waals surface area (Å²) in [6, 6.07) is 35.3. The molecule has 238 valence electrons. The van der Waals surface area contributed by atoms with Gasteiger partial charge in [0.1, 0.15) is 5.69 Å². The molecule has 0 spiro atoms. The number of sulfone groups is 1. The number of para-hydroxylation sites is 1. The molecule has 1 aliphatic heterocycles. The van der Waals surface area contributed by atoms with Gasteiger partial charge < -0.3 is 10.6 Å². The number of anilines is 3. The lowest BCUT2D eigenvalue weighted by Gasteiger charge is -2.24. The zero-order valence-electron chi connectivity index (χ0n) is 26.4. The number of rotatable bonds is 6. The van der Waals surface area contributed by atoms with Crippen molar-refractivity contribution >= 4 is 65.1 Å². The number of nitrogens with one attached hydrogen (secondary N) is 2. The van der Waals surface area contributed by atoms with Crippen LogP contribution in [0.2, 0.25) is 0 Å². The Morgan fingerprint density at radius 1 is 0.750 bits per heavy atom. The molecule has 7 rings (SSSR count). The fourth-order valence-corrected chi connectivity index (χ4v) is 8.13. The van der Waals surface area contributed by atoms with Crippen LogP contribution in [0.1, 0.15) is 36.7 Å². The minimum atomic E-state index is -3.91. The van der Waals surface area contributed by atoms with Crippen LogP contribution in [0.15, 0.2) is 136 Å². The van der Waals surface area contributed by atoms with Crippen molar-refractivity contribution in [3.63, 3.8) is 0 Å². The minimum Gasteiger partial charge on any atom is -0.351 e. The summed E-state index contributed by atoms with van der Waals surface area (Å²) in [4.78, 5) is 32.6. The number of carbonyl (C=O) groups excluding carboxylic acids is 1. The van der Waals surface area contributed by atoms with Crippen molar-refractivity contribution in [1.82, 2.24) is 4.98 Å². The number of aromatic nitrogens is 1. The molecule has 2 N–H and O–H groups in total. The molecule has 0 atom stereocenters. The van der Waals surface area contributed by atoms with E-state index in [1.807, 2.05) is 69.3 Å². The molecule has 0 bridgehead atoms. The van der Waals surface area contributed by atoms with E-state index in [9.17, 15) is 18.0 Å². The zero-order chi connectivity index (χ0) is 33.6. The highest BCUT2D eigenvalue weighted by molar-refractivity contribution is 7.91. The highest BCUT2D eigenvalue weighted by Gasteiger charge is 2.26. The van der Waals surface area contributed by atoms with Crippen LogP contribution >= 0.6 is 11.3 Å². The van der Waals surface area contributed by atoms with Gasteiger partial charge in [0.25, 0.3) is 5.91 Å². The summed E-state index contributed by atoms with van der Waals surface area (Å²) in [7, 11) is -3.91. The highest BCUT2D eigenvalue weighted by atomic mass is 32.2. The number of carbonyl (C=O) groups is 1. The monoisotopic (exact) mass is 669 g/mol. The number of benzene rings is 6. The Morgan fingerprint density at radius 3 is 2.12 bits per heavy atom. The first-order valence-electron chi connectivity index (χ1n) is 15.4.